The Bertz CT molecular complexity index is 643. The van der Waals surface area contributed by atoms with Crippen molar-refractivity contribution in [2.75, 3.05) is 12.4 Å². The summed E-state index contributed by atoms with van der Waals surface area (Å²) in [5.74, 6) is 1.02. The number of anilines is 1. The number of rotatable bonds is 2. The minimum absolute atomic E-state index is 0.0904. The number of hydrogen-bond acceptors (Lipinski definition) is 3. The van der Waals surface area contributed by atoms with E-state index in [0.29, 0.717) is 5.82 Å². The summed E-state index contributed by atoms with van der Waals surface area (Å²) < 4.78 is 13.2. The number of aryl methyl sites for hydroxylation is 1. The zero-order chi connectivity index (χ0) is 13.4. The van der Waals surface area contributed by atoms with Gasteiger partial charge in [-0.2, -0.15) is 0 Å². The first kappa shape index (κ1) is 12.4. The average Bonchev–Trinajstić information content (AvgIpc) is 2.89. The summed E-state index contributed by atoms with van der Waals surface area (Å²) in [6, 6.07) is 4.55. The topological polar surface area (TPSA) is 37.8 Å². The molecule has 1 aliphatic carbocycles. The van der Waals surface area contributed by atoms with Crippen molar-refractivity contribution >= 4 is 17.4 Å². The Kier molecular flexibility index (Phi) is 3.11. The van der Waals surface area contributed by atoms with Gasteiger partial charge in [-0.1, -0.05) is 11.6 Å². The molecule has 1 heterocycles. The van der Waals surface area contributed by atoms with Gasteiger partial charge in [0.2, 0.25) is 0 Å². The molecule has 0 saturated heterocycles. The van der Waals surface area contributed by atoms with Crippen LogP contribution in [0.4, 0.5) is 10.2 Å². The number of nitrogens with one attached hydrogen (secondary N) is 1. The number of aromatic nitrogens is 2. The van der Waals surface area contributed by atoms with Crippen molar-refractivity contribution in [3.05, 3.63) is 40.3 Å². The lowest BCUT2D eigenvalue weighted by molar-refractivity contribution is 0.628. The van der Waals surface area contributed by atoms with E-state index in [9.17, 15) is 4.39 Å². The number of fused-ring (bicyclic) bond motifs is 1. The molecule has 0 amide bonds. The van der Waals surface area contributed by atoms with Crippen LogP contribution < -0.4 is 5.32 Å². The highest BCUT2D eigenvalue weighted by Crippen LogP contribution is 2.30. The molecule has 5 heteroatoms. The highest BCUT2D eigenvalue weighted by molar-refractivity contribution is 6.31. The molecule has 1 aromatic carbocycles. The predicted molar refractivity (Wildman–Crippen MR) is 74.0 cm³/mol. The maximum Gasteiger partial charge on any atom is 0.161 e. The number of nitrogens with zero attached hydrogens (tertiary/aromatic N) is 2. The lowest BCUT2D eigenvalue weighted by Crippen LogP contribution is -2.03. The molecule has 0 unspecified atom stereocenters. The number of benzene rings is 1. The Balaban J connectivity index is 2.12. The largest absolute Gasteiger partial charge is 0.373 e. The third-order valence-electron chi connectivity index (χ3n) is 3.35. The van der Waals surface area contributed by atoms with Crippen LogP contribution in [0.25, 0.3) is 11.4 Å². The summed E-state index contributed by atoms with van der Waals surface area (Å²) in [5.41, 5.74) is 3.01. The van der Waals surface area contributed by atoms with Gasteiger partial charge in [0.05, 0.1) is 5.02 Å². The first-order valence-corrected chi connectivity index (χ1v) is 6.60. The normalized spacial score (nSPS) is 13.4. The van der Waals surface area contributed by atoms with E-state index < -0.39 is 5.82 Å². The van der Waals surface area contributed by atoms with Crippen LogP contribution in [-0.4, -0.2) is 17.0 Å². The maximum absolute atomic E-state index is 13.2. The zero-order valence-corrected chi connectivity index (χ0v) is 11.3. The molecule has 2 aromatic rings. The third kappa shape index (κ3) is 2.16. The fraction of sp³-hybridized carbons (Fsp3) is 0.286. The zero-order valence-electron chi connectivity index (χ0n) is 10.5. The Hall–Kier alpha value is -1.68. The van der Waals surface area contributed by atoms with Crippen LogP contribution in [0.1, 0.15) is 17.7 Å². The average molecular weight is 278 g/mol. The second kappa shape index (κ2) is 4.78. The summed E-state index contributed by atoms with van der Waals surface area (Å²) in [6.45, 7) is 0. The Morgan fingerprint density at radius 1 is 1.26 bits per heavy atom. The number of halogens is 2. The van der Waals surface area contributed by atoms with Gasteiger partial charge in [-0.05, 0) is 37.5 Å². The van der Waals surface area contributed by atoms with Crippen molar-refractivity contribution in [3.8, 4) is 11.4 Å². The lowest BCUT2D eigenvalue weighted by atomic mass is 10.2. The molecule has 0 atom stereocenters. The number of hydrogen-bond donors (Lipinski definition) is 1. The van der Waals surface area contributed by atoms with E-state index >= 15 is 0 Å². The van der Waals surface area contributed by atoms with Gasteiger partial charge >= 0.3 is 0 Å². The molecule has 3 rings (SSSR count). The molecular formula is C14H13ClFN3. The first-order valence-electron chi connectivity index (χ1n) is 6.22. The van der Waals surface area contributed by atoms with Crippen LogP contribution in [0.3, 0.4) is 0 Å². The van der Waals surface area contributed by atoms with Crippen LogP contribution in [0, 0.1) is 5.82 Å². The van der Waals surface area contributed by atoms with Gasteiger partial charge in [0.15, 0.2) is 5.82 Å². The molecule has 0 bridgehead atoms. The van der Waals surface area contributed by atoms with Crippen molar-refractivity contribution in [1.82, 2.24) is 9.97 Å². The van der Waals surface area contributed by atoms with Crippen molar-refractivity contribution in [1.29, 1.82) is 0 Å². The van der Waals surface area contributed by atoms with Gasteiger partial charge in [-0.15, -0.1) is 0 Å². The van der Waals surface area contributed by atoms with Crippen molar-refractivity contribution in [2.24, 2.45) is 0 Å². The molecular weight excluding hydrogens is 265 g/mol. The molecule has 1 N–H and O–H groups in total. The molecule has 19 heavy (non-hydrogen) atoms. The SMILES string of the molecule is CNc1nc(-c2ccc(F)c(Cl)c2)nc2c1CCC2. The standard InChI is InChI=1S/C14H13ClFN3/c1-17-14-9-3-2-4-12(9)18-13(19-14)8-5-6-11(16)10(15)7-8/h5-7H,2-4H2,1H3,(H,17,18,19). The van der Waals surface area contributed by atoms with E-state index in [1.807, 2.05) is 7.05 Å². The Morgan fingerprint density at radius 2 is 2.11 bits per heavy atom. The minimum Gasteiger partial charge on any atom is -0.373 e. The van der Waals surface area contributed by atoms with Crippen LogP contribution in [0.5, 0.6) is 0 Å². The van der Waals surface area contributed by atoms with Crippen molar-refractivity contribution < 1.29 is 4.39 Å². The fourth-order valence-electron chi connectivity index (χ4n) is 2.40. The molecule has 0 aliphatic heterocycles. The molecule has 1 aliphatic rings. The predicted octanol–water partition coefficient (Wildman–Crippen LogP) is 3.47. The quantitative estimate of drug-likeness (QED) is 0.913. The van der Waals surface area contributed by atoms with Gasteiger partial charge in [-0.25, -0.2) is 14.4 Å². The van der Waals surface area contributed by atoms with Gasteiger partial charge in [0.1, 0.15) is 11.6 Å². The highest BCUT2D eigenvalue weighted by atomic mass is 35.5. The van der Waals surface area contributed by atoms with E-state index in [-0.39, 0.29) is 5.02 Å². The Labute approximate surface area is 115 Å². The lowest BCUT2D eigenvalue weighted by Gasteiger charge is -2.09. The van der Waals surface area contributed by atoms with Crippen LogP contribution in [-0.2, 0) is 12.8 Å². The second-order valence-corrected chi connectivity index (χ2v) is 4.96. The molecule has 3 nitrogen and oxygen atoms in total. The fourth-order valence-corrected chi connectivity index (χ4v) is 2.58. The van der Waals surface area contributed by atoms with Gasteiger partial charge in [-0.3, -0.25) is 0 Å². The van der Waals surface area contributed by atoms with E-state index in [0.717, 1.165) is 36.3 Å². The summed E-state index contributed by atoms with van der Waals surface area (Å²) >= 11 is 5.81. The third-order valence-corrected chi connectivity index (χ3v) is 3.64. The molecule has 1 aromatic heterocycles. The van der Waals surface area contributed by atoms with E-state index in [2.05, 4.69) is 15.3 Å². The van der Waals surface area contributed by atoms with Crippen LogP contribution >= 0.6 is 11.6 Å². The molecule has 98 valence electrons. The molecule has 0 saturated carbocycles. The van der Waals surface area contributed by atoms with E-state index in [1.165, 1.54) is 11.6 Å². The summed E-state index contributed by atoms with van der Waals surface area (Å²) in [4.78, 5) is 9.07. The van der Waals surface area contributed by atoms with Gasteiger partial charge in [0, 0.05) is 23.9 Å². The Morgan fingerprint density at radius 3 is 2.84 bits per heavy atom. The van der Waals surface area contributed by atoms with Gasteiger partial charge in [0.25, 0.3) is 0 Å². The summed E-state index contributed by atoms with van der Waals surface area (Å²) in [5, 5.41) is 3.20. The smallest absolute Gasteiger partial charge is 0.161 e. The van der Waals surface area contributed by atoms with Crippen molar-refractivity contribution in [3.63, 3.8) is 0 Å². The first-order chi connectivity index (χ1) is 9.19. The van der Waals surface area contributed by atoms with Crippen LogP contribution in [0.15, 0.2) is 18.2 Å². The van der Waals surface area contributed by atoms with E-state index in [1.54, 1.807) is 12.1 Å². The highest BCUT2D eigenvalue weighted by Gasteiger charge is 2.19. The van der Waals surface area contributed by atoms with Crippen molar-refractivity contribution in [2.45, 2.75) is 19.3 Å². The molecule has 0 fully saturated rings. The minimum atomic E-state index is -0.430. The molecule has 0 spiro atoms. The maximum atomic E-state index is 13.2. The van der Waals surface area contributed by atoms with Gasteiger partial charge < -0.3 is 5.32 Å². The monoisotopic (exact) mass is 277 g/mol. The molecule has 0 radical (unpaired) electrons. The summed E-state index contributed by atoms with van der Waals surface area (Å²) in [6.07, 6.45) is 3.08. The summed E-state index contributed by atoms with van der Waals surface area (Å²) in [7, 11) is 1.85. The van der Waals surface area contributed by atoms with E-state index in [4.69, 9.17) is 11.6 Å². The second-order valence-electron chi connectivity index (χ2n) is 4.55. The van der Waals surface area contributed by atoms with Crippen LogP contribution in [0.2, 0.25) is 5.02 Å².